The normalized spacial score (nSPS) is 12.2. The smallest absolute Gasteiger partial charge is 0.224 e. The number of nitrogens with two attached hydrogens (primary N) is 1. The summed E-state index contributed by atoms with van der Waals surface area (Å²) in [7, 11) is 0. The van der Waals surface area contributed by atoms with Crippen LogP contribution in [0.5, 0.6) is 0 Å². The summed E-state index contributed by atoms with van der Waals surface area (Å²) in [4.78, 5) is 18.0. The number of carbonyl (C=O) groups excluding carboxylic acids is 1. The second-order valence-corrected chi connectivity index (χ2v) is 4.10. The maximum atomic E-state index is 12.0. The minimum Gasteiger partial charge on any atom is -0.337 e. The van der Waals surface area contributed by atoms with E-state index in [4.69, 9.17) is 5.73 Å². The van der Waals surface area contributed by atoms with Crippen LogP contribution in [0.1, 0.15) is 32.4 Å². The zero-order valence-electron chi connectivity index (χ0n) is 10.6. The van der Waals surface area contributed by atoms with E-state index in [2.05, 4.69) is 4.98 Å². The molecule has 0 aliphatic carbocycles. The van der Waals surface area contributed by atoms with Gasteiger partial charge in [-0.2, -0.15) is 0 Å². The Hall–Kier alpha value is -1.42. The van der Waals surface area contributed by atoms with Gasteiger partial charge in [0, 0.05) is 25.2 Å². The maximum Gasteiger partial charge on any atom is 0.224 e. The number of carbonyl (C=O) groups is 1. The summed E-state index contributed by atoms with van der Waals surface area (Å²) in [5.74, 6) is 0.104. The highest BCUT2D eigenvalue weighted by molar-refractivity contribution is 5.76. The fourth-order valence-corrected chi connectivity index (χ4v) is 1.56. The lowest BCUT2D eigenvalue weighted by Crippen LogP contribution is -2.35. The molecule has 0 spiro atoms. The molecule has 0 saturated carbocycles. The molecule has 4 nitrogen and oxygen atoms in total. The Bertz CT molecular complexity index is 340. The van der Waals surface area contributed by atoms with Crippen molar-refractivity contribution in [2.75, 3.05) is 6.54 Å². The monoisotopic (exact) mass is 235 g/mol. The lowest BCUT2D eigenvalue weighted by molar-refractivity contribution is -0.132. The van der Waals surface area contributed by atoms with Gasteiger partial charge in [0.1, 0.15) is 0 Å². The van der Waals surface area contributed by atoms with Gasteiger partial charge in [0.15, 0.2) is 0 Å². The van der Waals surface area contributed by atoms with Gasteiger partial charge in [-0.25, -0.2) is 0 Å². The molecule has 17 heavy (non-hydrogen) atoms. The Morgan fingerprint density at radius 3 is 2.76 bits per heavy atom. The summed E-state index contributed by atoms with van der Waals surface area (Å²) in [6.07, 6.45) is 2.98. The second kappa shape index (κ2) is 7.01. The van der Waals surface area contributed by atoms with Gasteiger partial charge in [0.2, 0.25) is 5.91 Å². The van der Waals surface area contributed by atoms with Crippen LogP contribution in [-0.2, 0) is 11.3 Å². The molecule has 2 N–H and O–H groups in total. The van der Waals surface area contributed by atoms with E-state index in [0.717, 1.165) is 12.1 Å². The standard InChI is InChI=1S/C13H21N3O/c1-3-11(14)9-13(17)16(4-2)10-12-7-5-6-8-15-12/h5-8,11H,3-4,9-10,14H2,1-2H3. The van der Waals surface area contributed by atoms with Gasteiger partial charge in [-0.05, 0) is 25.5 Å². The Balaban J connectivity index is 2.56. The summed E-state index contributed by atoms with van der Waals surface area (Å²) < 4.78 is 0. The van der Waals surface area contributed by atoms with Crippen LogP contribution in [-0.4, -0.2) is 28.4 Å². The van der Waals surface area contributed by atoms with Gasteiger partial charge < -0.3 is 10.6 Å². The molecule has 0 aromatic carbocycles. The Kier molecular flexibility index (Phi) is 5.63. The number of pyridine rings is 1. The first-order valence-corrected chi connectivity index (χ1v) is 6.10. The predicted molar refractivity (Wildman–Crippen MR) is 68.2 cm³/mol. The minimum atomic E-state index is -0.0414. The largest absolute Gasteiger partial charge is 0.337 e. The van der Waals surface area contributed by atoms with Crippen LogP contribution in [0.25, 0.3) is 0 Å². The Labute approximate surface area is 103 Å². The first-order chi connectivity index (χ1) is 8.17. The molecule has 4 heteroatoms. The SMILES string of the molecule is CCC(N)CC(=O)N(CC)Cc1ccccn1. The van der Waals surface area contributed by atoms with Crippen molar-refractivity contribution in [1.82, 2.24) is 9.88 Å². The highest BCUT2D eigenvalue weighted by Crippen LogP contribution is 2.05. The van der Waals surface area contributed by atoms with E-state index >= 15 is 0 Å². The number of amides is 1. The van der Waals surface area contributed by atoms with Gasteiger partial charge in [-0.1, -0.05) is 13.0 Å². The van der Waals surface area contributed by atoms with Crippen LogP contribution in [0.4, 0.5) is 0 Å². The number of hydrogen-bond acceptors (Lipinski definition) is 3. The van der Waals surface area contributed by atoms with E-state index in [0.29, 0.717) is 19.5 Å². The van der Waals surface area contributed by atoms with Crippen molar-refractivity contribution in [3.8, 4) is 0 Å². The van der Waals surface area contributed by atoms with E-state index in [9.17, 15) is 4.79 Å². The Morgan fingerprint density at radius 2 is 2.24 bits per heavy atom. The van der Waals surface area contributed by atoms with Crippen molar-refractivity contribution >= 4 is 5.91 Å². The molecule has 0 saturated heterocycles. The maximum absolute atomic E-state index is 12.0. The van der Waals surface area contributed by atoms with E-state index in [-0.39, 0.29) is 11.9 Å². The van der Waals surface area contributed by atoms with E-state index in [1.54, 1.807) is 11.1 Å². The topological polar surface area (TPSA) is 59.2 Å². The summed E-state index contributed by atoms with van der Waals surface area (Å²) in [6.45, 7) is 5.21. The molecule has 1 rings (SSSR count). The molecule has 1 atom stereocenters. The van der Waals surface area contributed by atoms with Crippen LogP contribution >= 0.6 is 0 Å². The summed E-state index contributed by atoms with van der Waals surface area (Å²) in [5.41, 5.74) is 6.71. The van der Waals surface area contributed by atoms with Gasteiger partial charge >= 0.3 is 0 Å². The van der Waals surface area contributed by atoms with Crippen LogP contribution in [0.3, 0.4) is 0 Å². The van der Waals surface area contributed by atoms with Crippen LogP contribution in [0.2, 0.25) is 0 Å². The molecule has 1 amide bonds. The van der Waals surface area contributed by atoms with Crippen molar-refractivity contribution < 1.29 is 4.79 Å². The minimum absolute atomic E-state index is 0.0414. The fourth-order valence-electron chi connectivity index (χ4n) is 1.56. The zero-order chi connectivity index (χ0) is 12.7. The van der Waals surface area contributed by atoms with Crippen molar-refractivity contribution in [2.24, 2.45) is 5.73 Å². The molecule has 1 heterocycles. The quantitative estimate of drug-likeness (QED) is 0.814. The number of nitrogens with zero attached hydrogens (tertiary/aromatic N) is 2. The highest BCUT2D eigenvalue weighted by Gasteiger charge is 2.15. The highest BCUT2D eigenvalue weighted by atomic mass is 16.2. The molecule has 0 aliphatic heterocycles. The van der Waals surface area contributed by atoms with Crippen molar-refractivity contribution in [3.63, 3.8) is 0 Å². The van der Waals surface area contributed by atoms with Gasteiger partial charge in [-0.3, -0.25) is 9.78 Å². The van der Waals surface area contributed by atoms with Gasteiger partial charge in [0.25, 0.3) is 0 Å². The van der Waals surface area contributed by atoms with Crippen molar-refractivity contribution in [3.05, 3.63) is 30.1 Å². The first-order valence-electron chi connectivity index (χ1n) is 6.10. The summed E-state index contributed by atoms with van der Waals surface area (Å²) >= 11 is 0. The summed E-state index contributed by atoms with van der Waals surface area (Å²) in [5, 5.41) is 0. The molecule has 1 aromatic rings. The average molecular weight is 235 g/mol. The van der Waals surface area contributed by atoms with Crippen LogP contribution in [0.15, 0.2) is 24.4 Å². The lowest BCUT2D eigenvalue weighted by atomic mass is 10.1. The van der Waals surface area contributed by atoms with E-state index in [1.165, 1.54) is 0 Å². The van der Waals surface area contributed by atoms with Crippen LogP contribution < -0.4 is 5.73 Å². The molecule has 0 fully saturated rings. The lowest BCUT2D eigenvalue weighted by Gasteiger charge is -2.22. The number of aromatic nitrogens is 1. The second-order valence-electron chi connectivity index (χ2n) is 4.10. The van der Waals surface area contributed by atoms with E-state index < -0.39 is 0 Å². The molecular weight excluding hydrogens is 214 g/mol. The molecule has 0 bridgehead atoms. The number of rotatable bonds is 6. The first kappa shape index (κ1) is 13.6. The van der Waals surface area contributed by atoms with Crippen LogP contribution in [0, 0.1) is 0 Å². The third-order valence-corrected chi connectivity index (χ3v) is 2.77. The molecule has 1 aromatic heterocycles. The predicted octanol–water partition coefficient (Wildman–Crippen LogP) is 1.56. The molecular formula is C13H21N3O. The van der Waals surface area contributed by atoms with Crippen molar-refractivity contribution in [2.45, 2.75) is 39.3 Å². The van der Waals surface area contributed by atoms with Gasteiger partial charge in [-0.15, -0.1) is 0 Å². The van der Waals surface area contributed by atoms with E-state index in [1.807, 2.05) is 32.0 Å². The molecule has 0 radical (unpaired) electrons. The average Bonchev–Trinajstić information content (AvgIpc) is 2.36. The third kappa shape index (κ3) is 4.53. The molecule has 0 aliphatic rings. The molecule has 1 unspecified atom stereocenters. The summed E-state index contributed by atoms with van der Waals surface area (Å²) in [6, 6.07) is 5.68. The third-order valence-electron chi connectivity index (χ3n) is 2.77. The number of hydrogen-bond donors (Lipinski definition) is 1. The fraction of sp³-hybridized carbons (Fsp3) is 0.538. The molecule has 94 valence electrons. The van der Waals surface area contributed by atoms with Crippen molar-refractivity contribution in [1.29, 1.82) is 0 Å². The van der Waals surface area contributed by atoms with Gasteiger partial charge in [0.05, 0.1) is 12.2 Å². The Morgan fingerprint density at radius 1 is 1.47 bits per heavy atom. The zero-order valence-corrected chi connectivity index (χ0v) is 10.6.